The van der Waals surface area contributed by atoms with Crippen LogP contribution in [0.4, 0.5) is 10.1 Å². The van der Waals surface area contributed by atoms with Crippen molar-refractivity contribution in [1.82, 2.24) is 4.90 Å². The van der Waals surface area contributed by atoms with Crippen LogP contribution in [0.3, 0.4) is 0 Å². The Morgan fingerprint density at radius 1 is 1.33 bits per heavy atom. The lowest BCUT2D eigenvalue weighted by atomic mass is 10.0. The number of likely N-dealkylation sites (tertiary alicyclic amines) is 1. The number of benzene rings is 1. The van der Waals surface area contributed by atoms with E-state index in [4.69, 9.17) is 5.73 Å². The molecule has 0 bridgehead atoms. The predicted molar refractivity (Wildman–Crippen MR) is 87.3 cm³/mol. The zero-order valence-corrected chi connectivity index (χ0v) is 13.3. The van der Waals surface area contributed by atoms with Gasteiger partial charge >= 0.3 is 0 Å². The average Bonchev–Trinajstić information content (AvgIpc) is 2.98. The summed E-state index contributed by atoms with van der Waals surface area (Å²) in [6, 6.07) is 5.42. The van der Waals surface area contributed by atoms with Gasteiger partial charge in [0.1, 0.15) is 5.82 Å². The van der Waals surface area contributed by atoms with Gasteiger partial charge in [-0.25, -0.2) is 4.39 Å². The fourth-order valence-corrected chi connectivity index (χ4v) is 2.99. The molecule has 1 fully saturated rings. The highest BCUT2D eigenvalue weighted by Gasteiger charge is 2.17. The number of rotatable bonds is 7. The molecule has 1 aromatic carbocycles. The highest BCUT2D eigenvalue weighted by Crippen LogP contribution is 2.25. The first kappa shape index (κ1) is 16.2. The van der Waals surface area contributed by atoms with Crippen LogP contribution in [0.1, 0.15) is 31.7 Å². The number of nitrogens with zero attached hydrogens (tertiary/aromatic N) is 2. The van der Waals surface area contributed by atoms with Crippen LogP contribution in [0.5, 0.6) is 0 Å². The van der Waals surface area contributed by atoms with Crippen LogP contribution in [0.15, 0.2) is 18.2 Å². The van der Waals surface area contributed by atoms with Gasteiger partial charge in [0.25, 0.3) is 0 Å². The Hall–Kier alpha value is -1.13. The van der Waals surface area contributed by atoms with Crippen molar-refractivity contribution in [2.24, 2.45) is 5.73 Å². The minimum Gasteiger partial charge on any atom is -0.371 e. The van der Waals surface area contributed by atoms with E-state index < -0.39 is 0 Å². The van der Waals surface area contributed by atoms with Crippen molar-refractivity contribution in [3.8, 4) is 0 Å². The lowest BCUT2D eigenvalue weighted by Gasteiger charge is -2.26. The second kappa shape index (κ2) is 7.76. The van der Waals surface area contributed by atoms with Crippen molar-refractivity contribution in [3.63, 3.8) is 0 Å². The van der Waals surface area contributed by atoms with Crippen LogP contribution in [0, 0.1) is 5.82 Å². The zero-order valence-electron chi connectivity index (χ0n) is 13.3. The van der Waals surface area contributed by atoms with E-state index in [9.17, 15) is 4.39 Å². The van der Waals surface area contributed by atoms with Crippen molar-refractivity contribution in [2.45, 2.75) is 38.6 Å². The number of anilines is 1. The van der Waals surface area contributed by atoms with E-state index >= 15 is 0 Å². The summed E-state index contributed by atoms with van der Waals surface area (Å²) >= 11 is 0. The summed E-state index contributed by atoms with van der Waals surface area (Å²) in [5.41, 5.74) is 7.79. The molecule has 0 aromatic heterocycles. The fourth-order valence-electron chi connectivity index (χ4n) is 2.99. The molecule has 0 saturated carbocycles. The van der Waals surface area contributed by atoms with Gasteiger partial charge in [-0.2, -0.15) is 0 Å². The first-order valence-corrected chi connectivity index (χ1v) is 8.08. The van der Waals surface area contributed by atoms with E-state index in [1.165, 1.54) is 25.9 Å². The van der Waals surface area contributed by atoms with E-state index in [1.807, 2.05) is 18.0 Å². The summed E-state index contributed by atoms with van der Waals surface area (Å²) < 4.78 is 14.3. The maximum absolute atomic E-state index is 14.3. The highest BCUT2D eigenvalue weighted by atomic mass is 19.1. The van der Waals surface area contributed by atoms with Gasteiger partial charge in [0.15, 0.2) is 0 Å². The molecule has 1 unspecified atom stereocenters. The maximum atomic E-state index is 14.3. The molecule has 1 aliphatic heterocycles. The molecule has 0 amide bonds. The average molecular weight is 293 g/mol. The second-order valence-electron chi connectivity index (χ2n) is 6.09. The van der Waals surface area contributed by atoms with Crippen molar-refractivity contribution in [2.75, 3.05) is 38.1 Å². The first-order valence-electron chi connectivity index (χ1n) is 8.08. The van der Waals surface area contributed by atoms with Crippen molar-refractivity contribution in [1.29, 1.82) is 0 Å². The van der Waals surface area contributed by atoms with Crippen LogP contribution in [-0.2, 0) is 6.42 Å². The van der Waals surface area contributed by atoms with Crippen LogP contribution in [0.25, 0.3) is 0 Å². The van der Waals surface area contributed by atoms with Crippen molar-refractivity contribution in [3.05, 3.63) is 29.6 Å². The van der Waals surface area contributed by atoms with Gasteiger partial charge in [-0.15, -0.1) is 0 Å². The van der Waals surface area contributed by atoms with Crippen molar-refractivity contribution < 1.29 is 4.39 Å². The zero-order chi connectivity index (χ0) is 15.2. The summed E-state index contributed by atoms with van der Waals surface area (Å²) in [5.74, 6) is -0.139. The summed E-state index contributed by atoms with van der Waals surface area (Å²) in [4.78, 5) is 4.50. The first-order chi connectivity index (χ1) is 10.1. The number of halogens is 1. The van der Waals surface area contributed by atoms with Gasteiger partial charge in [-0.05, 0) is 50.4 Å². The van der Waals surface area contributed by atoms with Crippen LogP contribution in [0.2, 0.25) is 0 Å². The molecule has 2 rings (SSSR count). The number of hydrogen-bond donors (Lipinski definition) is 1. The lowest BCUT2D eigenvalue weighted by Crippen LogP contribution is -2.33. The molecular formula is C17H28FN3. The highest BCUT2D eigenvalue weighted by molar-refractivity contribution is 5.54. The molecule has 1 aromatic rings. The van der Waals surface area contributed by atoms with E-state index in [0.717, 1.165) is 37.2 Å². The van der Waals surface area contributed by atoms with Gasteiger partial charge in [-0.1, -0.05) is 19.1 Å². The number of para-hydroxylation sites is 1. The van der Waals surface area contributed by atoms with E-state index in [-0.39, 0.29) is 11.9 Å². The molecule has 2 N–H and O–H groups in total. The third-order valence-corrected chi connectivity index (χ3v) is 4.41. The van der Waals surface area contributed by atoms with Gasteiger partial charge in [0, 0.05) is 26.2 Å². The SMILES string of the molecule is CCC(N)Cc1cccc(F)c1N(C)CCN1CCCC1. The van der Waals surface area contributed by atoms with Crippen molar-refractivity contribution >= 4 is 5.69 Å². The van der Waals surface area contributed by atoms with Gasteiger partial charge in [-0.3, -0.25) is 0 Å². The number of nitrogens with two attached hydrogens (primary N) is 1. The molecule has 118 valence electrons. The Kier molecular flexibility index (Phi) is 6.00. The number of hydrogen-bond acceptors (Lipinski definition) is 3. The minimum absolute atomic E-state index is 0.0949. The molecule has 1 atom stereocenters. The van der Waals surface area contributed by atoms with Crippen LogP contribution in [-0.4, -0.2) is 44.2 Å². The second-order valence-corrected chi connectivity index (χ2v) is 6.09. The Labute approximate surface area is 127 Å². The molecule has 21 heavy (non-hydrogen) atoms. The Bertz CT molecular complexity index is 444. The molecule has 3 nitrogen and oxygen atoms in total. The normalized spacial score (nSPS) is 17.1. The largest absolute Gasteiger partial charge is 0.371 e. The Morgan fingerprint density at radius 3 is 2.71 bits per heavy atom. The Balaban J connectivity index is 2.05. The third kappa shape index (κ3) is 4.42. The van der Waals surface area contributed by atoms with Gasteiger partial charge in [0.2, 0.25) is 0 Å². The van der Waals surface area contributed by atoms with Crippen LogP contribution >= 0.6 is 0 Å². The quantitative estimate of drug-likeness (QED) is 0.839. The summed E-state index contributed by atoms with van der Waals surface area (Å²) in [7, 11) is 1.98. The minimum atomic E-state index is -0.139. The molecular weight excluding hydrogens is 265 g/mol. The standard InChI is InChI=1S/C17H28FN3/c1-3-15(19)13-14-7-6-8-16(18)17(14)20(2)11-12-21-9-4-5-10-21/h6-8,15H,3-5,9-13,19H2,1-2H3. The summed E-state index contributed by atoms with van der Waals surface area (Å²) in [5, 5.41) is 0. The monoisotopic (exact) mass is 293 g/mol. The number of likely N-dealkylation sites (N-methyl/N-ethyl adjacent to an activating group) is 1. The predicted octanol–water partition coefficient (Wildman–Crippen LogP) is 2.64. The maximum Gasteiger partial charge on any atom is 0.146 e. The van der Waals surface area contributed by atoms with E-state index in [2.05, 4.69) is 11.8 Å². The molecule has 1 aliphatic rings. The molecule has 1 heterocycles. The van der Waals surface area contributed by atoms with E-state index in [0.29, 0.717) is 0 Å². The smallest absolute Gasteiger partial charge is 0.146 e. The Morgan fingerprint density at radius 2 is 2.05 bits per heavy atom. The van der Waals surface area contributed by atoms with Gasteiger partial charge < -0.3 is 15.5 Å². The molecule has 4 heteroatoms. The third-order valence-electron chi connectivity index (χ3n) is 4.41. The van der Waals surface area contributed by atoms with Crippen LogP contribution < -0.4 is 10.6 Å². The molecule has 0 radical (unpaired) electrons. The summed E-state index contributed by atoms with van der Waals surface area (Å²) in [6.07, 6.45) is 4.23. The molecule has 0 aliphatic carbocycles. The lowest BCUT2D eigenvalue weighted by molar-refractivity contribution is 0.346. The molecule has 0 spiro atoms. The molecule has 1 saturated heterocycles. The fraction of sp³-hybridized carbons (Fsp3) is 0.647. The summed E-state index contributed by atoms with van der Waals surface area (Å²) in [6.45, 7) is 6.29. The van der Waals surface area contributed by atoms with Gasteiger partial charge in [0.05, 0.1) is 5.69 Å². The topological polar surface area (TPSA) is 32.5 Å². The van der Waals surface area contributed by atoms with E-state index in [1.54, 1.807) is 12.1 Å².